The number of carbonyl (C=O) groups excluding carboxylic acids is 1. The molecule has 1 heterocycles. The van der Waals surface area contributed by atoms with Gasteiger partial charge in [0.1, 0.15) is 5.69 Å². The van der Waals surface area contributed by atoms with E-state index in [0.717, 1.165) is 0 Å². The molecule has 8 nitrogen and oxygen atoms in total. The number of carbonyl (C=O) groups is 1. The maximum absolute atomic E-state index is 11.1. The van der Waals surface area contributed by atoms with Crippen LogP contribution in [0, 0.1) is 21.4 Å². The first-order valence-electron chi connectivity index (χ1n) is 5.87. The summed E-state index contributed by atoms with van der Waals surface area (Å²) in [7, 11) is 0. The quantitative estimate of drug-likeness (QED) is 0.619. The minimum Gasteiger partial charge on any atom is -0.367 e. The van der Waals surface area contributed by atoms with Gasteiger partial charge >= 0.3 is 0 Å². The van der Waals surface area contributed by atoms with E-state index in [1.165, 1.54) is 18.2 Å². The molecule has 2 rings (SSSR count). The molecule has 1 saturated heterocycles. The number of nitrogens with two attached hydrogens (primary N) is 1. The molecule has 0 aliphatic carbocycles. The Hall–Kier alpha value is -2.66. The van der Waals surface area contributed by atoms with E-state index >= 15 is 0 Å². The van der Waals surface area contributed by atoms with Gasteiger partial charge in [0, 0.05) is 12.6 Å². The molecular formula is C12H12N4O4. The highest BCUT2D eigenvalue weighted by Crippen LogP contribution is 2.30. The van der Waals surface area contributed by atoms with Gasteiger partial charge in [-0.2, -0.15) is 5.26 Å². The number of anilines is 1. The van der Waals surface area contributed by atoms with Crippen molar-refractivity contribution in [2.24, 2.45) is 5.73 Å². The monoisotopic (exact) mass is 276 g/mol. The summed E-state index contributed by atoms with van der Waals surface area (Å²) in [5, 5.41) is 19.9. The van der Waals surface area contributed by atoms with Crippen LogP contribution >= 0.6 is 0 Å². The van der Waals surface area contributed by atoms with Crippen LogP contribution in [0.3, 0.4) is 0 Å². The maximum atomic E-state index is 11.1. The topological polar surface area (TPSA) is 122 Å². The van der Waals surface area contributed by atoms with Gasteiger partial charge in [-0.3, -0.25) is 14.9 Å². The zero-order valence-corrected chi connectivity index (χ0v) is 10.5. The van der Waals surface area contributed by atoms with Crippen LogP contribution in [0.5, 0.6) is 0 Å². The maximum Gasteiger partial charge on any atom is 0.293 e. The number of hydrogen-bond acceptors (Lipinski definition) is 6. The first-order valence-corrected chi connectivity index (χ1v) is 5.87. The van der Waals surface area contributed by atoms with Crippen LogP contribution in [0.25, 0.3) is 0 Å². The molecule has 1 amide bonds. The number of amides is 1. The molecule has 1 fully saturated rings. The second-order valence-electron chi connectivity index (χ2n) is 4.28. The van der Waals surface area contributed by atoms with Crippen molar-refractivity contribution >= 4 is 17.3 Å². The third-order valence-corrected chi connectivity index (χ3v) is 3.03. The fourth-order valence-corrected chi connectivity index (χ4v) is 2.05. The molecule has 0 saturated carbocycles. The second kappa shape index (κ2) is 5.54. The molecule has 1 atom stereocenters. The van der Waals surface area contributed by atoms with Crippen molar-refractivity contribution in [3.05, 3.63) is 33.9 Å². The third-order valence-electron chi connectivity index (χ3n) is 3.03. The van der Waals surface area contributed by atoms with Gasteiger partial charge in [0.25, 0.3) is 5.69 Å². The zero-order valence-electron chi connectivity index (χ0n) is 10.5. The van der Waals surface area contributed by atoms with Crippen molar-refractivity contribution in [1.29, 1.82) is 5.26 Å². The first kappa shape index (κ1) is 13.8. The predicted octanol–water partition coefficient (Wildman–Crippen LogP) is 0.157. The van der Waals surface area contributed by atoms with E-state index in [-0.39, 0.29) is 24.4 Å². The summed E-state index contributed by atoms with van der Waals surface area (Å²) in [4.78, 5) is 23.4. The number of rotatable bonds is 3. The van der Waals surface area contributed by atoms with Crippen LogP contribution in [0.2, 0.25) is 0 Å². The first-order chi connectivity index (χ1) is 9.52. The summed E-state index contributed by atoms with van der Waals surface area (Å²) in [6.45, 7) is 0.823. The largest absolute Gasteiger partial charge is 0.367 e. The summed E-state index contributed by atoms with van der Waals surface area (Å²) in [5.41, 5.74) is 5.57. The fraction of sp³-hybridized carbons (Fsp3) is 0.333. The highest BCUT2D eigenvalue weighted by Gasteiger charge is 2.28. The van der Waals surface area contributed by atoms with E-state index in [1.807, 2.05) is 6.07 Å². The van der Waals surface area contributed by atoms with Gasteiger partial charge in [0.05, 0.1) is 29.7 Å². The van der Waals surface area contributed by atoms with E-state index in [0.29, 0.717) is 12.2 Å². The van der Waals surface area contributed by atoms with Crippen LogP contribution in [-0.4, -0.2) is 36.6 Å². The molecule has 1 aromatic rings. The molecule has 0 radical (unpaired) electrons. The Morgan fingerprint density at radius 1 is 1.60 bits per heavy atom. The van der Waals surface area contributed by atoms with E-state index < -0.39 is 16.9 Å². The lowest BCUT2D eigenvalue weighted by molar-refractivity contribution is -0.384. The summed E-state index contributed by atoms with van der Waals surface area (Å²) in [5.74, 6) is -0.606. The number of morpholine rings is 1. The third kappa shape index (κ3) is 2.67. The lowest BCUT2D eigenvalue weighted by Crippen LogP contribution is -2.48. The van der Waals surface area contributed by atoms with Crippen molar-refractivity contribution < 1.29 is 14.5 Å². The van der Waals surface area contributed by atoms with E-state index in [1.54, 1.807) is 4.90 Å². The lowest BCUT2D eigenvalue weighted by Gasteiger charge is -2.32. The number of nitrogens with zero attached hydrogens (tertiary/aromatic N) is 3. The zero-order chi connectivity index (χ0) is 14.7. The molecule has 1 aliphatic rings. The molecule has 1 aromatic carbocycles. The average Bonchev–Trinajstić information content (AvgIpc) is 2.46. The molecule has 1 aliphatic heterocycles. The normalized spacial score (nSPS) is 18.4. The molecule has 8 heteroatoms. The number of hydrogen-bond donors (Lipinski definition) is 1. The highest BCUT2D eigenvalue weighted by atomic mass is 16.6. The van der Waals surface area contributed by atoms with Crippen LogP contribution < -0.4 is 10.6 Å². The number of nitro benzene ring substituents is 1. The molecule has 20 heavy (non-hydrogen) atoms. The Kier molecular flexibility index (Phi) is 3.81. The molecule has 0 spiro atoms. The molecule has 0 bridgehead atoms. The fourth-order valence-electron chi connectivity index (χ4n) is 2.05. The summed E-state index contributed by atoms with van der Waals surface area (Å²) < 4.78 is 5.20. The van der Waals surface area contributed by atoms with Crippen molar-refractivity contribution in [2.45, 2.75) is 6.10 Å². The number of benzene rings is 1. The Morgan fingerprint density at radius 3 is 2.95 bits per heavy atom. The number of ether oxygens (including phenoxy) is 1. The van der Waals surface area contributed by atoms with E-state index in [9.17, 15) is 14.9 Å². The standard InChI is InChI=1S/C12H12N4O4/c13-6-8-1-2-9(10(5-8)16(18)19)15-3-4-20-11(7-15)12(14)17/h1-2,5,11H,3-4,7H2,(H2,14,17). The van der Waals surface area contributed by atoms with Crippen molar-refractivity contribution in [2.75, 3.05) is 24.6 Å². The Bertz CT molecular complexity index is 596. The van der Waals surface area contributed by atoms with Gasteiger partial charge in [-0.25, -0.2) is 0 Å². The van der Waals surface area contributed by atoms with Gasteiger partial charge < -0.3 is 15.4 Å². The van der Waals surface area contributed by atoms with Crippen LogP contribution in [0.1, 0.15) is 5.56 Å². The van der Waals surface area contributed by atoms with Crippen LogP contribution in [0.4, 0.5) is 11.4 Å². The van der Waals surface area contributed by atoms with Gasteiger partial charge in [-0.1, -0.05) is 0 Å². The van der Waals surface area contributed by atoms with Gasteiger partial charge in [0.15, 0.2) is 6.10 Å². The van der Waals surface area contributed by atoms with Gasteiger partial charge in [0.2, 0.25) is 5.91 Å². The predicted molar refractivity (Wildman–Crippen MR) is 69.0 cm³/mol. The van der Waals surface area contributed by atoms with Gasteiger partial charge in [-0.05, 0) is 12.1 Å². The summed E-state index contributed by atoms with van der Waals surface area (Å²) in [6, 6.07) is 6.07. The number of nitro groups is 1. The number of primary amides is 1. The van der Waals surface area contributed by atoms with E-state index in [4.69, 9.17) is 15.7 Å². The molecular weight excluding hydrogens is 264 g/mol. The van der Waals surface area contributed by atoms with Crippen LogP contribution in [-0.2, 0) is 9.53 Å². The smallest absolute Gasteiger partial charge is 0.293 e. The lowest BCUT2D eigenvalue weighted by atomic mass is 10.1. The Labute approximate surface area is 114 Å². The second-order valence-corrected chi connectivity index (χ2v) is 4.28. The average molecular weight is 276 g/mol. The SMILES string of the molecule is N#Cc1ccc(N2CCOC(C(N)=O)C2)c([N+](=O)[O-])c1. The molecule has 2 N–H and O–H groups in total. The van der Waals surface area contributed by atoms with Crippen molar-refractivity contribution in [3.8, 4) is 6.07 Å². The highest BCUT2D eigenvalue weighted by molar-refractivity contribution is 5.80. The van der Waals surface area contributed by atoms with Gasteiger partial charge in [-0.15, -0.1) is 0 Å². The summed E-state index contributed by atoms with van der Waals surface area (Å²) >= 11 is 0. The number of nitriles is 1. The Balaban J connectivity index is 2.34. The molecule has 104 valence electrons. The minimum absolute atomic E-state index is 0.155. The minimum atomic E-state index is -0.793. The Morgan fingerprint density at radius 2 is 2.35 bits per heavy atom. The van der Waals surface area contributed by atoms with Crippen molar-refractivity contribution in [1.82, 2.24) is 0 Å². The molecule has 0 aromatic heterocycles. The van der Waals surface area contributed by atoms with E-state index in [2.05, 4.69) is 0 Å². The molecule has 1 unspecified atom stereocenters. The summed E-state index contributed by atoms with van der Waals surface area (Å²) in [6.07, 6.45) is -0.793. The van der Waals surface area contributed by atoms with Crippen LogP contribution in [0.15, 0.2) is 18.2 Å². The van der Waals surface area contributed by atoms with Crippen molar-refractivity contribution in [3.63, 3.8) is 0 Å².